The first-order valence-electron chi connectivity index (χ1n) is 7.50. The zero-order valence-corrected chi connectivity index (χ0v) is 14.9. The highest BCUT2D eigenvalue weighted by molar-refractivity contribution is 7.89. The molecule has 2 aromatic carbocycles. The Hall–Kier alpha value is -2.19. The lowest BCUT2D eigenvalue weighted by Gasteiger charge is -2.18. The molecule has 0 radical (unpaired) electrons. The fourth-order valence-electron chi connectivity index (χ4n) is 2.28. The molecule has 0 saturated heterocycles. The number of sulfonamides is 1. The first kappa shape index (κ1) is 19.1. The third kappa shape index (κ3) is 4.46. The summed E-state index contributed by atoms with van der Waals surface area (Å²) < 4.78 is 63.3. The van der Waals surface area contributed by atoms with Crippen LogP contribution in [0.1, 0.15) is 12.5 Å². The van der Waals surface area contributed by atoms with Gasteiger partial charge in [-0.3, -0.25) is 0 Å². The lowest BCUT2D eigenvalue weighted by molar-refractivity contribution is 0.310. The summed E-state index contributed by atoms with van der Waals surface area (Å²) in [7, 11) is -1.22. The van der Waals surface area contributed by atoms with Crippen LogP contribution in [0, 0.1) is 11.6 Å². The average Bonchev–Trinajstić information content (AvgIpc) is 2.55. The summed E-state index contributed by atoms with van der Waals surface area (Å²) >= 11 is 0. The predicted molar refractivity (Wildman–Crippen MR) is 89.2 cm³/mol. The molecule has 2 aromatic rings. The molecule has 136 valence electrons. The molecule has 0 unspecified atom stereocenters. The van der Waals surface area contributed by atoms with Crippen molar-refractivity contribution in [3.63, 3.8) is 0 Å². The van der Waals surface area contributed by atoms with Gasteiger partial charge < -0.3 is 9.47 Å². The minimum absolute atomic E-state index is 0.00321. The van der Waals surface area contributed by atoms with Gasteiger partial charge in [-0.25, -0.2) is 17.2 Å². The monoisotopic (exact) mass is 371 g/mol. The van der Waals surface area contributed by atoms with E-state index < -0.39 is 26.6 Å². The minimum Gasteiger partial charge on any atom is -0.493 e. The second kappa shape index (κ2) is 7.79. The van der Waals surface area contributed by atoms with Crippen LogP contribution in [0.3, 0.4) is 0 Å². The van der Waals surface area contributed by atoms with E-state index in [2.05, 4.69) is 0 Å². The molecule has 0 spiro atoms. The molecule has 0 fully saturated rings. The second-order valence-corrected chi connectivity index (χ2v) is 7.33. The fourth-order valence-corrected chi connectivity index (χ4v) is 3.49. The van der Waals surface area contributed by atoms with Crippen LogP contribution in [0.2, 0.25) is 0 Å². The molecule has 2 rings (SSSR count). The van der Waals surface area contributed by atoms with Crippen LogP contribution in [0.4, 0.5) is 8.78 Å². The van der Waals surface area contributed by atoms with Crippen molar-refractivity contribution in [2.24, 2.45) is 0 Å². The number of benzene rings is 2. The van der Waals surface area contributed by atoms with E-state index in [-0.39, 0.29) is 6.54 Å². The van der Waals surface area contributed by atoms with Gasteiger partial charge in [-0.1, -0.05) is 6.07 Å². The molecule has 0 N–H and O–H groups in total. The maximum Gasteiger partial charge on any atom is 0.243 e. The summed E-state index contributed by atoms with van der Waals surface area (Å²) in [5, 5.41) is 0. The van der Waals surface area contributed by atoms with Crippen molar-refractivity contribution in [2.45, 2.75) is 18.4 Å². The normalized spacial score (nSPS) is 11.6. The van der Waals surface area contributed by atoms with Gasteiger partial charge in [0.2, 0.25) is 10.0 Å². The van der Waals surface area contributed by atoms with Gasteiger partial charge in [-0.05, 0) is 36.8 Å². The highest BCUT2D eigenvalue weighted by Crippen LogP contribution is 2.29. The van der Waals surface area contributed by atoms with Crippen molar-refractivity contribution < 1.29 is 26.7 Å². The number of halogens is 2. The summed E-state index contributed by atoms with van der Waals surface area (Å²) in [5.41, 5.74) is 0.642. The van der Waals surface area contributed by atoms with Gasteiger partial charge in [0, 0.05) is 19.7 Å². The van der Waals surface area contributed by atoms with Crippen LogP contribution in [0.25, 0.3) is 0 Å². The Morgan fingerprint density at radius 2 is 1.68 bits per heavy atom. The van der Waals surface area contributed by atoms with Crippen LogP contribution in [0.15, 0.2) is 41.3 Å². The first-order valence-corrected chi connectivity index (χ1v) is 8.94. The largest absolute Gasteiger partial charge is 0.493 e. The maximum absolute atomic E-state index is 13.3. The fraction of sp³-hybridized carbons (Fsp3) is 0.294. The van der Waals surface area contributed by atoms with Crippen LogP contribution in [0.5, 0.6) is 11.5 Å². The van der Waals surface area contributed by atoms with Crippen LogP contribution < -0.4 is 9.47 Å². The molecule has 0 saturated carbocycles. The molecule has 8 heteroatoms. The lowest BCUT2D eigenvalue weighted by Crippen LogP contribution is -2.26. The van der Waals surface area contributed by atoms with Crippen molar-refractivity contribution in [1.29, 1.82) is 0 Å². The Balaban J connectivity index is 2.27. The quantitative estimate of drug-likeness (QED) is 0.750. The van der Waals surface area contributed by atoms with E-state index in [1.54, 1.807) is 18.2 Å². The average molecular weight is 371 g/mol. The summed E-state index contributed by atoms with van der Waals surface area (Å²) in [6.45, 7) is 2.31. The number of methoxy groups -OCH3 is 1. The van der Waals surface area contributed by atoms with Crippen molar-refractivity contribution in [3.8, 4) is 11.5 Å². The van der Waals surface area contributed by atoms with Crippen LogP contribution in [-0.2, 0) is 16.6 Å². The molecule has 0 aromatic heterocycles. The van der Waals surface area contributed by atoms with E-state index in [9.17, 15) is 17.2 Å². The molecule has 25 heavy (non-hydrogen) atoms. The highest BCUT2D eigenvalue weighted by Gasteiger charge is 2.23. The first-order chi connectivity index (χ1) is 11.8. The van der Waals surface area contributed by atoms with Gasteiger partial charge >= 0.3 is 0 Å². The maximum atomic E-state index is 13.3. The number of hydrogen-bond donors (Lipinski definition) is 0. The van der Waals surface area contributed by atoms with Gasteiger partial charge in [0.1, 0.15) is 11.6 Å². The number of ether oxygens (including phenoxy) is 2. The highest BCUT2D eigenvalue weighted by atomic mass is 32.2. The van der Waals surface area contributed by atoms with E-state index in [1.165, 1.54) is 14.2 Å². The lowest BCUT2D eigenvalue weighted by atomic mass is 10.2. The van der Waals surface area contributed by atoms with Crippen molar-refractivity contribution in [3.05, 3.63) is 53.6 Å². The molecule has 0 bridgehead atoms. The van der Waals surface area contributed by atoms with Gasteiger partial charge in [-0.15, -0.1) is 0 Å². The standard InChI is InChI=1S/C17H19F2NO4S/c1-4-24-16-6-5-12(7-17(16)23-3)11-20(2)25(21,22)15-9-13(18)8-14(19)10-15/h5-10H,4,11H2,1-3H3. The molecular weight excluding hydrogens is 352 g/mol. The summed E-state index contributed by atoms with van der Waals surface area (Å²) in [6, 6.07) is 7.23. The number of rotatable bonds is 7. The van der Waals surface area contributed by atoms with E-state index in [1.807, 2.05) is 6.92 Å². The van der Waals surface area contributed by atoms with Gasteiger partial charge in [0.15, 0.2) is 11.5 Å². The molecular formula is C17H19F2NO4S. The van der Waals surface area contributed by atoms with E-state index >= 15 is 0 Å². The topological polar surface area (TPSA) is 55.8 Å². The Morgan fingerprint density at radius 1 is 1.04 bits per heavy atom. The Morgan fingerprint density at radius 3 is 2.24 bits per heavy atom. The third-order valence-corrected chi connectivity index (χ3v) is 5.26. The third-order valence-electron chi connectivity index (χ3n) is 3.48. The molecule has 0 aliphatic rings. The number of nitrogens with zero attached hydrogens (tertiary/aromatic N) is 1. The van der Waals surface area contributed by atoms with Crippen molar-refractivity contribution >= 4 is 10.0 Å². The summed E-state index contributed by atoms with van der Waals surface area (Å²) in [5.74, 6) is -0.877. The zero-order valence-electron chi connectivity index (χ0n) is 14.1. The molecule has 0 atom stereocenters. The van der Waals surface area contributed by atoms with Crippen LogP contribution in [-0.4, -0.2) is 33.5 Å². The van der Waals surface area contributed by atoms with Crippen molar-refractivity contribution in [2.75, 3.05) is 20.8 Å². The van der Waals surface area contributed by atoms with Gasteiger partial charge in [0.05, 0.1) is 18.6 Å². The molecule has 0 aliphatic heterocycles. The molecule has 0 aliphatic carbocycles. The molecule has 5 nitrogen and oxygen atoms in total. The Kier molecular flexibility index (Phi) is 5.97. The van der Waals surface area contributed by atoms with E-state index in [4.69, 9.17) is 9.47 Å². The van der Waals surface area contributed by atoms with Crippen LogP contribution >= 0.6 is 0 Å². The second-order valence-electron chi connectivity index (χ2n) is 5.28. The van der Waals surface area contributed by atoms with Crippen molar-refractivity contribution in [1.82, 2.24) is 4.31 Å². The van der Waals surface area contributed by atoms with E-state index in [0.29, 0.717) is 29.7 Å². The molecule has 0 heterocycles. The zero-order chi connectivity index (χ0) is 18.6. The Bertz CT molecular complexity index is 835. The predicted octanol–water partition coefficient (Wildman–Crippen LogP) is 3.19. The Labute approximate surface area is 145 Å². The smallest absolute Gasteiger partial charge is 0.243 e. The molecule has 0 amide bonds. The number of hydrogen-bond acceptors (Lipinski definition) is 4. The van der Waals surface area contributed by atoms with Gasteiger partial charge in [-0.2, -0.15) is 4.31 Å². The minimum atomic E-state index is -4.04. The van der Waals surface area contributed by atoms with E-state index in [0.717, 1.165) is 16.4 Å². The van der Waals surface area contributed by atoms with Gasteiger partial charge in [0.25, 0.3) is 0 Å². The SMILES string of the molecule is CCOc1ccc(CN(C)S(=O)(=O)c2cc(F)cc(F)c2)cc1OC. The summed E-state index contributed by atoms with van der Waals surface area (Å²) in [4.78, 5) is -0.439. The summed E-state index contributed by atoms with van der Waals surface area (Å²) in [6.07, 6.45) is 0.